The number of sulfonamides is 1. The maximum atomic E-state index is 12.6. The van der Waals surface area contributed by atoms with Gasteiger partial charge in [-0.1, -0.05) is 6.07 Å². The predicted molar refractivity (Wildman–Crippen MR) is 84.1 cm³/mol. The maximum Gasteiger partial charge on any atom is 0.253 e. The summed E-state index contributed by atoms with van der Waals surface area (Å²) in [6.45, 7) is 0.366. The lowest BCUT2D eigenvalue weighted by atomic mass is 10.2. The lowest BCUT2D eigenvalue weighted by Crippen LogP contribution is -2.42. The van der Waals surface area contributed by atoms with Crippen molar-refractivity contribution in [3.63, 3.8) is 0 Å². The molecule has 0 aliphatic carbocycles. The van der Waals surface area contributed by atoms with Crippen LogP contribution >= 0.6 is 11.3 Å². The summed E-state index contributed by atoms with van der Waals surface area (Å²) >= 11 is 1.16. The Morgan fingerprint density at radius 3 is 2.91 bits per heavy atom. The standard InChI is InChI=1S/C14H15N3O3S2/c18-14(16-11-4-1-7-15-10-11)12-5-2-8-17(12)22(19,20)13-6-3-9-21-13/h1,3-4,6-7,9-10,12H,2,5,8H2,(H,16,18)/t12-/m1/s1. The Balaban J connectivity index is 1.80. The van der Waals surface area contributed by atoms with Crippen LogP contribution in [-0.2, 0) is 14.8 Å². The number of amides is 1. The molecule has 3 rings (SSSR count). The number of hydrogen-bond donors (Lipinski definition) is 1. The molecule has 0 saturated carbocycles. The van der Waals surface area contributed by atoms with Crippen LogP contribution in [-0.4, -0.2) is 36.2 Å². The molecule has 22 heavy (non-hydrogen) atoms. The molecule has 0 spiro atoms. The van der Waals surface area contributed by atoms with Gasteiger partial charge in [-0.2, -0.15) is 4.31 Å². The first-order chi connectivity index (χ1) is 10.6. The number of thiophene rings is 1. The third kappa shape index (κ3) is 2.90. The van der Waals surface area contributed by atoms with E-state index in [1.165, 1.54) is 10.5 Å². The van der Waals surface area contributed by atoms with Gasteiger partial charge in [0.2, 0.25) is 5.91 Å². The summed E-state index contributed by atoms with van der Waals surface area (Å²) in [4.78, 5) is 16.3. The van der Waals surface area contributed by atoms with E-state index in [0.717, 1.165) is 11.3 Å². The number of aromatic nitrogens is 1. The summed E-state index contributed by atoms with van der Waals surface area (Å²) in [5.41, 5.74) is 0.563. The van der Waals surface area contributed by atoms with Crippen LogP contribution in [0.1, 0.15) is 12.8 Å². The van der Waals surface area contributed by atoms with Gasteiger partial charge in [0.1, 0.15) is 10.3 Å². The van der Waals surface area contributed by atoms with E-state index in [2.05, 4.69) is 10.3 Å². The molecule has 1 aliphatic rings. The molecule has 2 aromatic heterocycles. The highest BCUT2D eigenvalue weighted by Gasteiger charge is 2.39. The fraction of sp³-hybridized carbons (Fsp3) is 0.286. The Hall–Kier alpha value is -1.77. The second-order valence-corrected chi connectivity index (χ2v) is 8.00. The van der Waals surface area contributed by atoms with Gasteiger partial charge in [-0.15, -0.1) is 11.3 Å². The van der Waals surface area contributed by atoms with Crippen molar-refractivity contribution in [2.24, 2.45) is 0 Å². The van der Waals surface area contributed by atoms with E-state index in [1.54, 1.807) is 35.8 Å². The molecule has 2 aromatic rings. The molecule has 1 fully saturated rings. The molecule has 1 atom stereocenters. The van der Waals surface area contributed by atoms with Gasteiger partial charge in [0.05, 0.1) is 11.9 Å². The quantitative estimate of drug-likeness (QED) is 0.924. The molecule has 0 unspecified atom stereocenters. The van der Waals surface area contributed by atoms with Crippen molar-refractivity contribution in [2.45, 2.75) is 23.1 Å². The fourth-order valence-corrected chi connectivity index (χ4v) is 5.25. The van der Waals surface area contributed by atoms with Crippen molar-refractivity contribution >= 4 is 33.0 Å². The second kappa shape index (κ2) is 6.15. The summed E-state index contributed by atoms with van der Waals surface area (Å²) in [6, 6.07) is 6.02. The largest absolute Gasteiger partial charge is 0.323 e. The number of carbonyl (C=O) groups excluding carboxylic acids is 1. The minimum Gasteiger partial charge on any atom is -0.323 e. The average Bonchev–Trinajstić information content (AvgIpc) is 3.20. The van der Waals surface area contributed by atoms with Gasteiger partial charge in [-0.25, -0.2) is 8.42 Å². The summed E-state index contributed by atoms with van der Waals surface area (Å²) in [5, 5.41) is 4.44. The van der Waals surface area contributed by atoms with E-state index < -0.39 is 16.1 Å². The molecule has 0 bridgehead atoms. The van der Waals surface area contributed by atoms with Crippen molar-refractivity contribution in [1.29, 1.82) is 0 Å². The first kappa shape index (κ1) is 15.1. The number of hydrogen-bond acceptors (Lipinski definition) is 5. The normalized spacial score (nSPS) is 19.2. The molecule has 0 aromatic carbocycles. The highest BCUT2D eigenvalue weighted by Crippen LogP contribution is 2.29. The summed E-state index contributed by atoms with van der Waals surface area (Å²) in [5.74, 6) is -0.314. The molecule has 0 radical (unpaired) electrons. The Morgan fingerprint density at radius 1 is 1.36 bits per heavy atom. The van der Waals surface area contributed by atoms with Crippen LogP contribution in [0.3, 0.4) is 0 Å². The van der Waals surface area contributed by atoms with Crippen LogP contribution in [0.2, 0.25) is 0 Å². The van der Waals surface area contributed by atoms with Crippen LogP contribution in [0.4, 0.5) is 5.69 Å². The molecule has 1 N–H and O–H groups in total. The SMILES string of the molecule is O=C(Nc1cccnc1)[C@H]1CCCN1S(=O)(=O)c1cccs1. The van der Waals surface area contributed by atoms with Crippen molar-refractivity contribution in [3.05, 3.63) is 42.0 Å². The van der Waals surface area contributed by atoms with E-state index in [9.17, 15) is 13.2 Å². The van der Waals surface area contributed by atoms with Crippen LogP contribution in [0, 0.1) is 0 Å². The summed E-state index contributed by atoms with van der Waals surface area (Å²) < 4.78 is 26.8. The highest BCUT2D eigenvalue weighted by atomic mass is 32.2. The molecule has 3 heterocycles. The smallest absolute Gasteiger partial charge is 0.253 e. The first-order valence-electron chi connectivity index (χ1n) is 6.85. The minimum absolute atomic E-state index is 0.272. The zero-order valence-corrected chi connectivity index (χ0v) is 13.3. The van der Waals surface area contributed by atoms with Crippen LogP contribution in [0.15, 0.2) is 46.2 Å². The molecule has 116 valence electrons. The van der Waals surface area contributed by atoms with Crippen LogP contribution in [0.25, 0.3) is 0 Å². The fourth-order valence-electron chi connectivity index (χ4n) is 2.48. The zero-order chi connectivity index (χ0) is 15.6. The van der Waals surface area contributed by atoms with Gasteiger partial charge < -0.3 is 5.32 Å². The number of rotatable bonds is 4. The molecule has 8 heteroatoms. The number of anilines is 1. The van der Waals surface area contributed by atoms with E-state index in [-0.39, 0.29) is 10.1 Å². The Kier molecular flexibility index (Phi) is 4.23. The minimum atomic E-state index is -3.61. The van der Waals surface area contributed by atoms with Crippen molar-refractivity contribution < 1.29 is 13.2 Å². The van der Waals surface area contributed by atoms with Gasteiger partial charge >= 0.3 is 0 Å². The van der Waals surface area contributed by atoms with Gasteiger partial charge in [0.25, 0.3) is 10.0 Å². The van der Waals surface area contributed by atoms with Gasteiger partial charge in [-0.3, -0.25) is 9.78 Å². The molecular formula is C14H15N3O3S2. The van der Waals surface area contributed by atoms with Crippen molar-refractivity contribution in [3.8, 4) is 0 Å². The molecular weight excluding hydrogens is 322 g/mol. The summed E-state index contributed by atoms with van der Waals surface area (Å²) in [6.07, 6.45) is 4.34. The topological polar surface area (TPSA) is 79.4 Å². The number of nitrogens with zero attached hydrogens (tertiary/aromatic N) is 2. The molecule has 6 nitrogen and oxygen atoms in total. The maximum absolute atomic E-state index is 12.6. The Labute approximate surface area is 132 Å². The van der Waals surface area contributed by atoms with Crippen LogP contribution < -0.4 is 5.32 Å². The monoisotopic (exact) mass is 337 g/mol. The Bertz CT molecular complexity index is 745. The zero-order valence-electron chi connectivity index (χ0n) is 11.7. The van der Waals surface area contributed by atoms with Gasteiger partial charge in [0, 0.05) is 12.7 Å². The lowest BCUT2D eigenvalue weighted by molar-refractivity contribution is -0.119. The third-order valence-corrected chi connectivity index (χ3v) is 6.77. The average molecular weight is 337 g/mol. The third-order valence-electron chi connectivity index (χ3n) is 3.49. The Morgan fingerprint density at radius 2 is 2.23 bits per heavy atom. The van der Waals surface area contributed by atoms with E-state index in [0.29, 0.717) is 25.1 Å². The highest BCUT2D eigenvalue weighted by molar-refractivity contribution is 7.91. The summed E-state index contributed by atoms with van der Waals surface area (Å²) in [7, 11) is -3.61. The van der Waals surface area contributed by atoms with E-state index in [4.69, 9.17) is 0 Å². The predicted octanol–water partition coefficient (Wildman–Crippen LogP) is 1.93. The lowest BCUT2D eigenvalue weighted by Gasteiger charge is -2.22. The van der Waals surface area contributed by atoms with Crippen molar-refractivity contribution in [1.82, 2.24) is 9.29 Å². The molecule has 1 saturated heterocycles. The number of carbonyl (C=O) groups is 1. The number of pyridine rings is 1. The second-order valence-electron chi connectivity index (χ2n) is 4.94. The first-order valence-corrected chi connectivity index (χ1v) is 9.17. The van der Waals surface area contributed by atoms with Crippen molar-refractivity contribution in [2.75, 3.05) is 11.9 Å². The van der Waals surface area contributed by atoms with E-state index >= 15 is 0 Å². The molecule has 1 aliphatic heterocycles. The van der Waals surface area contributed by atoms with Gasteiger partial charge in [-0.05, 0) is 36.4 Å². The van der Waals surface area contributed by atoms with Gasteiger partial charge in [0.15, 0.2) is 0 Å². The van der Waals surface area contributed by atoms with E-state index in [1.807, 2.05) is 0 Å². The van der Waals surface area contributed by atoms with Crippen LogP contribution in [0.5, 0.6) is 0 Å². The molecule has 1 amide bonds. The number of nitrogens with one attached hydrogen (secondary N) is 1.